The van der Waals surface area contributed by atoms with Gasteiger partial charge in [0.1, 0.15) is 6.20 Å². The minimum Gasteiger partial charge on any atom is -0.390 e. The molecule has 2 N–H and O–H groups in total. The van der Waals surface area contributed by atoms with Crippen LogP contribution in [0, 0.1) is 10.1 Å². The molecule has 0 aliphatic carbocycles. The lowest BCUT2D eigenvalue weighted by atomic mass is 10.3. The van der Waals surface area contributed by atoms with Gasteiger partial charge in [-0.2, -0.15) is 0 Å². The fourth-order valence-electron chi connectivity index (χ4n) is 1.24. The largest absolute Gasteiger partial charge is 0.432 e. The number of H-pyrrole nitrogens is 2. The van der Waals surface area contributed by atoms with Gasteiger partial charge in [0.05, 0.1) is 23.6 Å². The zero-order valence-electron chi connectivity index (χ0n) is 8.70. The van der Waals surface area contributed by atoms with Crippen LogP contribution < -0.4 is 0 Å². The lowest BCUT2D eigenvalue weighted by Crippen LogP contribution is -1.88. The first-order valence-corrected chi connectivity index (χ1v) is 4.79. The van der Waals surface area contributed by atoms with Gasteiger partial charge in [0.2, 0.25) is 0 Å². The van der Waals surface area contributed by atoms with E-state index in [9.17, 15) is 10.1 Å². The van der Waals surface area contributed by atoms with Crippen molar-refractivity contribution in [1.29, 1.82) is 0 Å². The summed E-state index contributed by atoms with van der Waals surface area (Å²) in [6, 6.07) is 7.94. The predicted molar refractivity (Wildman–Crippen MR) is 61.3 cm³/mol. The molecule has 0 atom stereocenters. The summed E-state index contributed by atoms with van der Waals surface area (Å²) >= 11 is 0. The summed E-state index contributed by atoms with van der Waals surface area (Å²) in [5.74, 6) is -0.218. The lowest BCUT2D eigenvalue weighted by molar-refractivity contribution is -0.393. The van der Waals surface area contributed by atoms with Crippen molar-refractivity contribution in [1.82, 2.24) is 19.9 Å². The first kappa shape index (κ1) is 10.8. The number of hydrogen-bond acceptors (Lipinski definition) is 4. The third kappa shape index (κ3) is 2.65. The third-order valence-electron chi connectivity index (χ3n) is 1.98. The van der Waals surface area contributed by atoms with Crippen molar-refractivity contribution in [3.05, 3.63) is 53.1 Å². The van der Waals surface area contributed by atoms with Gasteiger partial charge in [-0.3, -0.25) is 0 Å². The van der Waals surface area contributed by atoms with Crippen LogP contribution in [-0.2, 0) is 0 Å². The summed E-state index contributed by atoms with van der Waals surface area (Å²) < 4.78 is 0. The van der Waals surface area contributed by atoms with Crippen molar-refractivity contribution in [2.45, 2.75) is 0 Å². The molecule has 0 unspecified atom stereocenters. The van der Waals surface area contributed by atoms with E-state index in [2.05, 4.69) is 19.9 Å². The van der Waals surface area contributed by atoms with E-state index < -0.39 is 4.92 Å². The molecule has 7 heteroatoms. The van der Waals surface area contributed by atoms with Crippen LogP contribution in [0.1, 0.15) is 0 Å². The maximum atomic E-state index is 9.77. The number of aromatic amines is 2. The average molecular weight is 231 g/mol. The molecule has 7 nitrogen and oxygen atoms in total. The second-order valence-electron chi connectivity index (χ2n) is 3.09. The van der Waals surface area contributed by atoms with Crippen LogP contribution in [0.25, 0.3) is 11.0 Å². The second-order valence-corrected chi connectivity index (χ2v) is 3.09. The first-order valence-electron chi connectivity index (χ1n) is 4.79. The smallest absolute Gasteiger partial charge is 0.390 e. The molecular weight excluding hydrogens is 222 g/mol. The lowest BCUT2D eigenvalue weighted by Gasteiger charge is -1.83. The molecule has 0 radical (unpaired) electrons. The molecule has 0 amide bonds. The van der Waals surface area contributed by atoms with E-state index in [-0.39, 0.29) is 5.95 Å². The molecule has 17 heavy (non-hydrogen) atoms. The summed E-state index contributed by atoms with van der Waals surface area (Å²) in [4.78, 5) is 21.9. The van der Waals surface area contributed by atoms with Crippen molar-refractivity contribution in [2.24, 2.45) is 0 Å². The zero-order valence-corrected chi connectivity index (χ0v) is 8.70. The summed E-state index contributed by atoms with van der Waals surface area (Å²) in [7, 11) is 0. The number of aromatic nitrogens is 4. The molecule has 2 heterocycles. The van der Waals surface area contributed by atoms with Crippen LogP contribution in [0.5, 0.6) is 0 Å². The van der Waals surface area contributed by atoms with Crippen LogP contribution in [-0.4, -0.2) is 24.9 Å². The normalized spacial score (nSPS) is 9.65. The van der Waals surface area contributed by atoms with Crippen molar-refractivity contribution in [3.8, 4) is 0 Å². The Morgan fingerprint density at radius 2 is 2.00 bits per heavy atom. The fourth-order valence-corrected chi connectivity index (χ4v) is 1.24. The maximum Gasteiger partial charge on any atom is 0.432 e. The Labute approximate surface area is 95.7 Å². The Hall–Kier alpha value is -2.70. The molecule has 2 aromatic heterocycles. The number of imidazole rings is 2. The summed E-state index contributed by atoms with van der Waals surface area (Å²) in [6.07, 6.45) is 4.43. The summed E-state index contributed by atoms with van der Waals surface area (Å²) in [6.45, 7) is 0. The van der Waals surface area contributed by atoms with Crippen molar-refractivity contribution < 1.29 is 4.92 Å². The van der Waals surface area contributed by atoms with Gasteiger partial charge in [0, 0.05) is 0 Å². The molecule has 0 fully saturated rings. The molecule has 3 rings (SSSR count). The van der Waals surface area contributed by atoms with Crippen LogP contribution in [0.15, 0.2) is 43.0 Å². The SMILES string of the molecule is O=[N+]([O-])c1ncc[nH]1.c1ccc2[nH]cnc2c1. The van der Waals surface area contributed by atoms with Gasteiger partial charge < -0.3 is 15.1 Å². The van der Waals surface area contributed by atoms with Crippen LogP contribution in [0.4, 0.5) is 5.95 Å². The van der Waals surface area contributed by atoms with E-state index in [0.29, 0.717) is 0 Å². The van der Waals surface area contributed by atoms with Crippen molar-refractivity contribution >= 4 is 17.0 Å². The molecule has 0 spiro atoms. The van der Waals surface area contributed by atoms with E-state index in [0.717, 1.165) is 11.0 Å². The average Bonchev–Trinajstić information content (AvgIpc) is 3.01. The predicted octanol–water partition coefficient (Wildman–Crippen LogP) is 1.88. The van der Waals surface area contributed by atoms with E-state index in [1.165, 1.54) is 12.4 Å². The van der Waals surface area contributed by atoms with Gasteiger partial charge in [-0.25, -0.2) is 9.97 Å². The molecule has 3 aromatic rings. The number of nitrogens with one attached hydrogen (secondary N) is 2. The number of rotatable bonds is 1. The summed E-state index contributed by atoms with van der Waals surface area (Å²) in [5.41, 5.74) is 2.12. The third-order valence-corrected chi connectivity index (χ3v) is 1.98. The maximum absolute atomic E-state index is 9.77. The standard InChI is InChI=1S/C7H6N2.C3H3N3O2/c1-2-4-7-6(3-1)8-5-9-7;7-6(8)3-4-1-2-5-3/h1-5H,(H,8,9);1-2H,(H,4,5). The van der Waals surface area contributed by atoms with E-state index in [4.69, 9.17) is 0 Å². The van der Waals surface area contributed by atoms with E-state index in [1.54, 1.807) is 6.33 Å². The Balaban J connectivity index is 0.000000128. The second kappa shape index (κ2) is 4.88. The van der Waals surface area contributed by atoms with E-state index in [1.807, 2.05) is 24.3 Å². The minimum atomic E-state index is -0.583. The van der Waals surface area contributed by atoms with Gasteiger partial charge in [-0.15, -0.1) is 0 Å². The Morgan fingerprint density at radius 3 is 2.59 bits per heavy atom. The quantitative estimate of drug-likeness (QED) is 0.493. The van der Waals surface area contributed by atoms with Crippen molar-refractivity contribution in [2.75, 3.05) is 0 Å². The van der Waals surface area contributed by atoms with E-state index >= 15 is 0 Å². The van der Waals surface area contributed by atoms with Gasteiger partial charge >= 0.3 is 5.95 Å². The number of benzene rings is 1. The van der Waals surface area contributed by atoms with Crippen LogP contribution >= 0.6 is 0 Å². The van der Waals surface area contributed by atoms with Crippen molar-refractivity contribution in [3.63, 3.8) is 0 Å². The molecule has 0 aliphatic heterocycles. The number of nitro groups is 1. The number of para-hydroxylation sites is 2. The highest BCUT2D eigenvalue weighted by Crippen LogP contribution is 2.05. The molecule has 0 bridgehead atoms. The summed E-state index contributed by atoms with van der Waals surface area (Å²) in [5, 5.41) is 9.77. The van der Waals surface area contributed by atoms with Gasteiger partial charge in [-0.1, -0.05) is 17.1 Å². The highest BCUT2D eigenvalue weighted by atomic mass is 16.6. The number of hydrogen-bond donors (Lipinski definition) is 2. The molecule has 86 valence electrons. The number of fused-ring (bicyclic) bond motifs is 1. The topological polar surface area (TPSA) is 100 Å². The molecular formula is C10H9N5O2. The fraction of sp³-hybridized carbons (Fsp3) is 0. The number of nitrogens with zero attached hydrogens (tertiary/aromatic N) is 3. The van der Waals surface area contributed by atoms with Gasteiger partial charge in [-0.05, 0) is 17.1 Å². The molecule has 0 saturated carbocycles. The monoisotopic (exact) mass is 231 g/mol. The molecule has 1 aromatic carbocycles. The Morgan fingerprint density at radius 1 is 1.18 bits per heavy atom. The minimum absolute atomic E-state index is 0.218. The Kier molecular flexibility index (Phi) is 3.10. The van der Waals surface area contributed by atoms with Gasteiger partial charge in [0.25, 0.3) is 0 Å². The van der Waals surface area contributed by atoms with Crippen LogP contribution in [0.2, 0.25) is 0 Å². The zero-order chi connectivity index (χ0) is 12.1. The Bertz CT molecular complexity index is 572. The molecule has 0 aliphatic rings. The van der Waals surface area contributed by atoms with Crippen LogP contribution in [0.3, 0.4) is 0 Å². The highest BCUT2D eigenvalue weighted by Gasteiger charge is 2.01. The molecule has 0 saturated heterocycles. The first-order chi connectivity index (χ1) is 8.27. The van der Waals surface area contributed by atoms with Gasteiger partial charge in [0.15, 0.2) is 0 Å². The highest BCUT2D eigenvalue weighted by molar-refractivity contribution is 5.73.